The summed E-state index contributed by atoms with van der Waals surface area (Å²) >= 11 is 0. The number of likely N-dealkylation sites (tertiary alicyclic amines) is 1. The Kier molecular flexibility index (Phi) is 10.1. The van der Waals surface area contributed by atoms with Gasteiger partial charge in [0.1, 0.15) is 23.4 Å². The monoisotopic (exact) mass is 692 g/mol. The Bertz CT molecular complexity index is 2040. The molecule has 0 bridgehead atoms. The first-order valence-electron chi connectivity index (χ1n) is 15.6. The van der Waals surface area contributed by atoms with Crippen molar-refractivity contribution in [3.8, 4) is 5.75 Å². The van der Waals surface area contributed by atoms with Gasteiger partial charge in [0, 0.05) is 29.4 Å². The number of carboxylic acids is 1. The van der Waals surface area contributed by atoms with Gasteiger partial charge in [-0.15, -0.1) is 0 Å². The maximum Gasteiger partial charge on any atom is 0.337 e. The third-order valence-electron chi connectivity index (χ3n) is 8.62. The summed E-state index contributed by atoms with van der Waals surface area (Å²) in [6.07, 6.45) is 1.49. The minimum atomic E-state index is -4.05. The fraction of sp³-hybridized carbons (Fsp3) is 0.314. The van der Waals surface area contributed by atoms with Crippen molar-refractivity contribution in [1.82, 2.24) is 9.88 Å². The molecule has 1 aliphatic heterocycles. The number of aliphatic carboxylic acids is 1. The fourth-order valence-corrected chi connectivity index (χ4v) is 7.39. The number of sulfone groups is 1. The average molecular weight is 693 g/mol. The van der Waals surface area contributed by atoms with E-state index in [0.717, 1.165) is 7.11 Å². The Labute approximate surface area is 282 Å². The second kappa shape index (κ2) is 14.1. The molecule has 2 heterocycles. The maximum absolute atomic E-state index is 15.7. The Morgan fingerprint density at radius 2 is 1.86 bits per heavy atom. The van der Waals surface area contributed by atoms with E-state index >= 15 is 4.39 Å². The summed E-state index contributed by atoms with van der Waals surface area (Å²) in [5.74, 6) is -4.17. The van der Waals surface area contributed by atoms with Gasteiger partial charge in [-0.1, -0.05) is 0 Å². The molecule has 1 saturated heterocycles. The van der Waals surface area contributed by atoms with Crippen molar-refractivity contribution in [2.75, 3.05) is 31.3 Å². The standard InChI is InChI=1S/C35H37FN4O8S/c1-5-48-23-8-10-28(36)26(18-23)30(39-22-7-9-24-20(16-22)12-14-38-32(24)37)33(41)40-15-13-25(34(42)43)31(40)27-17-21(35(44)47-4)6-11-29(27)49(45,46)19(2)3/h6-12,14,16-19,25,30-31,39H,5,13,15H2,1-4H3,(H2,37,38)(H,42,43)/t25?,30-,31?/m0/s1. The molecule has 2 unspecified atom stereocenters. The number of rotatable bonds is 11. The number of esters is 1. The van der Waals surface area contributed by atoms with Gasteiger partial charge in [-0.3, -0.25) is 9.59 Å². The largest absolute Gasteiger partial charge is 0.494 e. The third kappa shape index (κ3) is 6.86. The predicted molar refractivity (Wildman–Crippen MR) is 180 cm³/mol. The molecule has 1 aromatic heterocycles. The predicted octanol–water partition coefficient (Wildman–Crippen LogP) is 5.15. The van der Waals surface area contributed by atoms with Gasteiger partial charge in [0.25, 0.3) is 0 Å². The quantitative estimate of drug-likeness (QED) is 0.177. The number of ether oxygens (including phenoxy) is 2. The van der Waals surface area contributed by atoms with Crippen LogP contribution in [0.15, 0.2) is 71.8 Å². The first-order valence-corrected chi connectivity index (χ1v) is 17.2. The van der Waals surface area contributed by atoms with Gasteiger partial charge in [-0.2, -0.15) is 0 Å². The van der Waals surface area contributed by atoms with Crippen LogP contribution in [0.1, 0.15) is 60.8 Å². The van der Waals surface area contributed by atoms with E-state index in [4.69, 9.17) is 15.2 Å². The van der Waals surface area contributed by atoms with E-state index in [-0.39, 0.29) is 41.2 Å². The van der Waals surface area contributed by atoms with E-state index in [2.05, 4.69) is 10.3 Å². The summed E-state index contributed by atoms with van der Waals surface area (Å²) in [4.78, 5) is 45.2. The molecule has 0 saturated carbocycles. The number of carbonyl (C=O) groups is 3. The first kappa shape index (κ1) is 35.1. The van der Waals surface area contributed by atoms with E-state index < -0.39 is 56.8 Å². The summed E-state index contributed by atoms with van der Waals surface area (Å²) in [5, 5.41) is 13.9. The number of nitrogen functional groups attached to an aromatic ring is 1. The number of hydrogen-bond donors (Lipinski definition) is 3. The van der Waals surface area contributed by atoms with Gasteiger partial charge in [0.15, 0.2) is 9.84 Å². The zero-order chi connectivity index (χ0) is 35.6. The summed E-state index contributed by atoms with van der Waals surface area (Å²) in [7, 11) is -2.89. The molecule has 1 fully saturated rings. The van der Waals surface area contributed by atoms with Gasteiger partial charge >= 0.3 is 11.9 Å². The van der Waals surface area contributed by atoms with Crippen LogP contribution in [-0.2, 0) is 24.2 Å². The number of carbonyl (C=O) groups excluding carboxylic acids is 2. The van der Waals surface area contributed by atoms with Gasteiger partial charge in [-0.05, 0) is 98.8 Å². The van der Waals surface area contributed by atoms with Crippen LogP contribution < -0.4 is 15.8 Å². The van der Waals surface area contributed by atoms with Crippen LogP contribution in [0, 0.1) is 11.7 Å². The molecule has 4 N–H and O–H groups in total. The van der Waals surface area contributed by atoms with Crippen LogP contribution in [0.5, 0.6) is 5.75 Å². The molecule has 3 aromatic carbocycles. The number of nitrogens with zero attached hydrogens (tertiary/aromatic N) is 2. The van der Waals surface area contributed by atoms with Crippen LogP contribution in [0.2, 0.25) is 0 Å². The molecule has 0 aliphatic carbocycles. The fourth-order valence-electron chi connectivity index (χ4n) is 6.12. The summed E-state index contributed by atoms with van der Waals surface area (Å²) in [6, 6.07) is 11.8. The minimum absolute atomic E-state index is 0.0290. The number of nitrogens with two attached hydrogens (primary N) is 1. The summed E-state index contributed by atoms with van der Waals surface area (Å²) in [6.45, 7) is 4.87. The van der Waals surface area contributed by atoms with E-state index in [9.17, 15) is 27.9 Å². The van der Waals surface area contributed by atoms with Crippen molar-refractivity contribution in [3.05, 3.63) is 89.4 Å². The number of hydrogen-bond acceptors (Lipinski definition) is 10. The Morgan fingerprint density at radius 3 is 2.53 bits per heavy atom. The number of fused-ring (bicyclic) bond motifs is 1. The number of benzene rings is 3. The van der Waals surface area contributed by atoms with Gasteiger partial charge in [-0.25, -0.2) is 22.6 Å². The van der Waals surface area contributed by atoms with E-state index in [1.165, 1.54) is 61.3 Å². The van der Waals surface area contributed by atoms with Gasteiger partial charge in [0.05, 0.1) is 41.4 Å². The maximum atomic E-state index is 15.7. The lowest BCUT2D eigenvalue weighted by Gasteiger charge is -2.33. The summed E-state index contributed by atoms with van der Waals surface area (Å²) in [5.41, 5.74) is 6.28. The molecule has 3 atom stereocenters. The topological polar surface area (TPSA) is 178 Å². The molecular formula is C35H37FN4O8S. The van der Waals surface area contributed by atoms with Crippen LogP contribution in [-0.4, -0.2) is 66.8 Å². The lowest BCUT2D eigenvalue weighted by Crippen LogP contribution is -2.40. The third-order valence-corrected chi connectivity index (χ3v) is 10.8. The van der Waals surface area contributed by atoms with Gasteiger partial charge < -0.3 is 30.5 Å². The van der Waals surface area contributed by atoms with Crippen LogP contribution in [0.3, 0.4) is 0 Å². The first-order chi connectivity index (χ1) is 23.3. The molecular weight excluding hydrogens is 655 g/mol. The molecule has 258 valence electrons. The molecule has 0 radical (unpaired) electrons. The van der Waals surface area contributed by atoms with Crippen molar-refractivity contribution in [2.24, 2.45) is 5.92 Å². The van der Waals surface area contributed by atoms with Crippen LogP contribution >= 0.6 is 0 Å². The zero-order valence-electron chi connectivity index (χ0n) is 27.3. The normalized spacial score (nSPS) is 16.8. The SMILES string of the molecule is CCOc1ccc(F)c([C@H](Nc2ccc3c(N)nccc3c2)C(=O)N2CCC(C(=O)O)C2c2cc(C(=O)OC)ccc2S(=O)(=O)C(C)C)c1. The number of carboxylic acid groups (broad SMARTS) is 1. The molecule has 0 spiro atoms. The van der Waals surface area contributed by atoms with Crippen molar-refractivity contribution in [3.63, 3.8) is 0 Å². The average Bonchev–Trinajstić information content (AvgIpc) is 3.53. The summed E-state index contributed by atoms with van der Waals surface area (Å²) < 4.78 is 53.4. The van der Waals surface area contributed by atoms with Crippen molar-refractivity contribution >= 4 is 50.0 Å². The van der Waals surface area contributed by atoms with Crippen LogP contribution in [0.4, 0.5) is 15.9 Å². The number of pyridine rings is 1. The number of methoxy groups -OCH3 is 1. The second-order valence-corrected chi connectivity index (χ2v) is 14.3. The van der Waals surface area contributed by atoms with Crippen molar-refractivity contribution in [1.29, 1.82) is 0 Å². The Balaban J connectivity index is 1.69. The molecule has 49 heavy (non-hydrogen) atoms. The smallest absolute Gasteiger partial charge is 0.337 e. The van der Waals surface area contributed by atoms with Crippen LogP contribution in [0.25, 0.3) is 10.8 Å². The molecule has 4 aromatic rings. The van der Waals surface area contributed by atoms with E-state index in [1.807, 2.05) is 0 Å². The number of amides is 1. The molecule has 1 aliphatic rings. The number of nitrogens with one attached hydrogen (secondary N) is 1. The molecule has 1 amide bonds. The lowest BCUT2D eigenvalue weighted by atomic mass is 9.92. The second-order valence-electron chi connectivity index (χ2n) is 11.9. The van der Waals surface area contributed by atoms with Gasteiger partial charge in [0.2, 0.25) is 5.91 Å². The Hall–Kier alpha value is -5.24. The highest BCUT2D eigenvalue weighted by molar-refractivity contribution is 7.92. The van der Waals surface area contributed by atoms with Crippen molar-refractivity contribution < 1.29 is 41.8 Å². The van der Waals surface area contributed by atoms with E-state index in [0.29, 0.717) is 28.0 Å². The molecule has 12 nitrogen and oxygen atoms in total. The highest BCUT2D eigenvalue weighted by Crippen LogP contribution is 2.43. The number of halogens is 1. The lowest BCUT2D eigenvalue weighted by molar-refractivity contribution is -0.143. The molecule has 14 heteroatoms. The Morgan fingerprint density at radius 1 is 1.10 bits per heavy atom. The van der Waals surface area contributed by atoms with Crippen molar-refractivity contribution in [2.45, 2.75) is 49.4 Å². The highest BCUT2D eigenvalue weighted by Gasteiger charge is 2.46. The zero-order valence-corrected chi connectivity index (χ0v) is 28.2. The highest BCUT2D eigenvalue weighted by atomic mass is 32.2. The number of aromatic nitrogens is 1. The number of anilines is 2. The van der Waals surface area contributed by atoms with E-state index in [1.54, 1.807) is 31.2 Å². The molecule has 5 rings (SSSR count). The minimum Gasteiger partial charge on any atom is -0.494 e.